The summed E-state index contributed by atoms with van der Waals surface area (Å²) >= 11 is 1.89. The Hall–Kier alpha value is -8.05. The number of hydrogen-bond acceptors (Lipinski definition) is 24. The number of primary amides is 2. The maximum absolute atomic E-state index is 13.3. The quantitative estimate of drug-likeness (QED) is 0.0199. The first-order valence-corrected chi connectivity index (χ1v) is 36.4. The monoisotopic (exact) mass is 1510 g/mol. The predicted octanol–water partition coefficient (Wildman–Crippen LogP) is -6.22. The SMILES string of the molecule is C=C(COCCOCCNC(=O)CCCCC[C@@H]1SC[C@@H]2NC(=O)N[C@@H]21)NCCOCCOCC(=O)N[C@@H](CCCCNC(=O)[C@H](CO)NC(=O)CNC(=O)[C@H](CO)NC(=O)CCCC(=O)N[C@@H](CO)C(=O)NCC(=O)N[C@@H](CO)C(=O)NCCCC[C@H](C)C(N)=O)C(=O)NCCCC[C@H](C)C(N)=O.[2H][2H].[2H][2H]. The highest BCUT2D eigenvalue weighted by atomic mass is 32.2. The molecule has 0 spiro atoms. The van der Waals surface area contributed by atoms with E-state index < -0.39 is 141 Å². The summed E-state index contributed by atoms with van der Waals surface area (Å²) in [6.07, 6.45) is 7.35. The number of ether oxygens (including phenoxy) is 4. The molecule has 2 aliphatic heterocycles. The standard InChI is InChI=1S/C65H114N16O22S.2H2/c1-41(58(66)92)14-7-10-21-70-60(94)44(75-56(91)39-103-31-29-100-26-24-68-43(3)38-102-30-28-101-27-25-69-51(86)18-6-4-5-17-50-57-49(40-104-50)80-65(99)81-57)16-9-12-23-72-62(96)46(35-83)79-55(90)33-74-64(98)48(37-85)77-53(88)20-13-19-52(87)76-47(36-84)63(97)73-32-54(89)78-45(34-82)61(95)71-22-11-8-15-42(2)59(67)93;;/h41-42,44-50,57,68,82-85H,3-40H2,1-2H3,(H2,66,92)(H2,67,93)(H,69,86)(H,70,94)(H,71,95)(H,72,96)(H,73,97)(H,74,98)(H,75,91)(H,76,87)(H,77,88)(H,78,89)(H,79,90)(H2,80,81,99);2*1H/t41-,42-,44-,45-,46-,47-,48-,49-,50-,57-;;/m0../s1/i;2*1+1D. The maximum Gasteiger partial charge on any atom is 0.315 e. The number of amides is 15. The van der Waals surface area contributed by atoms with Crippen molar-refractivity contribution in [3.05, 3.63) is 12.3 Å². The van der Waals surface area contributed by atoms with Crippen molar-refractivity contribution in [2.45, 2.75) is 171 Å². The average molecular weight is 1510 g/mol. The number of nitrogens with one attached hydrogen (secondary N) is 14. The highest BCUT2D eigenvalue weighted by Crippen LogP contribution is 2.33. The summed E-state index contributed by atoms with van der Waals surface area (Å²) in [5.74, 6) is -8.58. The van der Waals surface area contributed by atoms with Crippen molar-refractivity contribution < 1.29 is 112 Å². The van der Waals surface area contributed by atoms with Crippen LogP contribution in [0.2, 0.25) is 0 Å². The van der Waals surface area contributed by atoms with Crippen LogP contribution in [-0.4, -0.2) is 282 Å². The topological polar surface area (TPSA) is 577 Å². The van der Waals surface area contributed by atoms with E-state index in [-0.39, 0.29) is 114 Å². The summed E-state index contributed by atoms with van der Waals surface area (Å²) in [7, 11) is 0. The van der Waals surface area contributed by atoms with Crippen LogP contribution in [0.3, 0.4) is 0 Å². The molecule has 0 aromatic heterocycles. The zero-order valence-electron chi connectivity index (χ0n) is 63.8. The van der Waals surface area contributed by atoms with E-state index in [0.717, 1.165) is 31.4 Å². The van der Waals surface area contributed by atoms with Gasteiger partial charge in [0.15, 0.2) is 0 Å². The van der Waals surface area contributed by atoms with Gasteiger partial charge in [-0.25, -0.2) is 4.79 Å². The third-order valence-corrected chi connectivity index (χ3v) is 17.8. The first-order valence-electron chi connectivity index (χ1n) is 37.4. The summed E-state index contributed by atoms with van der Waals surface area (Å²) in [5.41, 5.74) is 11.2. The molecule has 596 valence electrons. The average Bonchev–Trinajstić information content (AvgIpc) is 1.67. The number of carbonyl (C=O) groups excluding carboxylic acids is 14. The van der Waals surface area contributed by atoms with E-state index >= 15 is 0 Å². The van der Waals surface area contributed by atoms with E-state index in [1.165, 1.54) is 0 Å². The van der Waals surface area contributed by atoms with Crippen molar-refractivity contribution in [1.29, 1.82) is 0 Å². The molecule has 10 atom stereocenters. The molecule has 22 N–H and O–H groups in total. The lowest BCUT2D eigenvalue weighted by Crippen LogP contribution is -2.54. The second-order valence-electron chi connectivity index (χ2n) is 25.0. The number of carbonyl (C=O) groups is 14. The molecule has 2 saturated heterocycles. The normalized spacial score (nSPS) is 16.5. The minimum atomic E-state index is -1.56. The molecule has 0 radical (unpaired) electrons. The molecule has 2 heterocycles. The van der Waals surface area contributed by atoms with E-state index in [2.05, 4.69) is 81.0 Å². The predicted molar refractivity (Wildman–Crippen MR) is 381 cm³/mol. The summed E-state index contributed by atoms with van der Waals surface area (Å²) < 4.78 is 42.2. The number of fused-ring (bicyclic) bond motifs is 1. The number of unbranched alkanes of at least 4 members (excludes halogenated alkanes) is 5. The second kappa shape index (κ2) is 55.4. The van der Waals surface area contributed by atoms with Crippen molar-refractivity contribution in [1.82, 2.24) is 74.4 Å². The summed E-state index contributed by atoms with van der Waals surface area (Å²) in [5, 5.41) is 75.3. The first-order chi connectivity index (χ1) is 51.8. The minimum Gasteiger partial charge on any atom is -0.394 e. The van der Waals surface area contributed by atoms with E-state index in [9.17, 15) is 87.5 Å². The zero-order valence-corrected chi connectivity index (χ0v) is 60.7. The van der Waals surface area contributed by atoms with Gasteiger partial charge in [-0.3, -0.25) is 62.3 Å². The first kappa shape index (κ1) is 88.3. The van der Waals surface area contributed by atoms with Crippen LogP contribution in [0.5, 0.6) is 0 Å². The Kier molecular flexibility index (Phi) is 47.1. The van der Waals surface area contributed by atoms with Gasteiger partial charge in [0.1, 0.15) is 36.8 Å². The summed E-state index contributed by atoms with van der Waals surface area (Å²) in [6.45, 7) is 5.10. The number of thioether (sulfide) groups is 1. The van der Waals surface area contributed by atoms with Crippen LogP contribution < -0.4 is 85.9 Å². The van der Waals surface area contributed by atoms with Gasteiger partial charge in [-0.05, 0) is 64.2 Å². The minimum absolute atomic E-state index is 0.0141. The van der Waals surface area contributed by atoms with Crippen LogP contribution in [0.1, 0.15) is 129 Å². The molecule has 0 unspecified atom stereocenters. The van der Waals surface area contributed by atoms with Gasteiger partial charge in [0.2, 0.25) is 76.8 Å². The second-order valence-corrected chi connectivity index (χ2v) is 26.3. The van der Waals surface area contributed by atoms with Crippen molar-refractivity contribution in [3.63, 3.8) is 0 Å². The fraction of sp³-hybridized carbons (Fsp3) is 0.754. The molecule has 0 aromatic carbocycles. The number of aliphatic hydroxyl groups excluding tert-OH is 4. The van der Waals surface area contributed by atoms with Crippen molar-refractivity contribution in [2.75, 3.05) is 131 Å². The van der Waals surface area contributed by atoms with Crippen LogP contribution in [0.4, 0.5) is 4.79 Å². The Morgan fingerprint density at radius 2 is 0.875 bits per heavy atom. The van der Waals surface area contributed by atoms with Gasteiger partial charge in [-0.1, -0.05) is 46.1 Å². The molecule has 104 heavy (non-hydrogen) atoms. The number of urea groups is 1. The number of aliphatic hydroxyl groups is 4. The molecule has 2 rings (SSSR count). The fourth-order valence-corrected chi connectivity index (χ4v) is 11.7. The van der Waals surface area contributed by atoms with Crippen molar-refractivity contribution in [3.8, 4) is 0 Å². The Morgan fingerprint density at radius 3 is 1.36 bits per heavy atom. The maximum atomic E-state index is 13.3. The molecule has 2 aliphatic rings. The van der Waals surface area contributed by atoms with Gasteiger partial charge in [-0.2, -0.15) is 11.8 Å². The van der Waals surface area contributed by atoms with Crippen LogP contribution in [0, 0.1) is 11.8 Å². The van der Waals surface area contributed by atoms with Gasteiger partial charge < -0.3 is 125 Å². The van der Waals surface area contributed by atoms with Crippen molar-refractivity contribution >= 4 is 94.6 Å². The lowest BCUT2D eigenvalue weighted by molar-refractivity contribution is -0.133. The molecular formula is C65H118N16O22S. The smallest absolute Gasteiger partial charge is 0.315 e. The fourth-order valence-electron chi connectivity index (χ4n) is 10.2. The third kappa shape index (κ3) is 42.0. The zero-order chi connectivity index (χ0) is 81.0. The van der Waals surface area contributed by atoms with Crippen LogP contribution in [0.15, 0.2) is 12.3 Å². The van der Waals surface area contributed by atoms with E-state index in [1.807, 2.05) is 11.8 Å². The van der Waals surface area contributed by atoms with Crippen LogP contribution in [-0.2, 0) is 81.3 Å². The number of rotatable bonds is 62. The largest absolute Gasteiger partial charge is 0.394 e. The molecule has 0 saturated carbocycles. The van der Waals surface area contributed by atoms with Gasteiger partial charge in [0.05, 0.1) is 97.8 Å². The number of hydrogen-bond donors (Lipinski definition) is 20. The lowest BCUT2D eigenvalue weighted by atomic mass is 10.0. The van der Waals surface area contributed by atoms with Gasteiger partial charge in [0.25, 0.3) is 0 Å². The number of nitrogens with two attached hydrogens (primary N) is 2. The highest BCUT2D eigenvalue weighted by molar-refractivity contribution is 8.00. The van der Waals surface area contributed by atoms with E-state index in [4.69, 9.17) is 36.4 Å². The Morgan fingerprint density at radius 1 is 0.462 bits per heavy atom. The van der Waals surface area contributed by atoms with Crippen molar-refractivity contribution in [2.24, 2.45) is 23.3 Å². The van der Waals surface area contributed by atoms with Gasteiger partial charge >= 0.3 is 6.03 Å². The summed E-state index contributed by atoms with van der Waals surface area (Å²) in [4.78, 5) is 174. The van der Waals surface area contributed by atoms with E-state index in [1.54, 1.807) is 13.8 Å². The molecule has 0 aromatic rings. The van der Waals surface area contributed by atoms with Gasteiger partial charge in [-0.15, -0.1) is 0 Å². The van der Waals surface area contributed by atoms with Crippen LogP contribution in [0.25, 0.3) is 0 Å². The van der Waals surface area contributed by atoms with Gasteiger partial charge in [0, 0.05) is 86.5 Å². The Labute approximate surface area is 616 Å². The molecule has 15 amide bonds. The summed E-state index contributed by atoms with van der Waals surface area (Å²) in [6, 6.07) is -6.60. The lowest BCUT2D eigenvalue weighted by Gasteiger charge is -2.20. The van der Waals surface area contributed by atoms with Crippen LogP contribution >= 0.6 is 11.8 Å². The Balaban J connectivity index is 0.0000281. The molecule has 39 heteroatoms. The molecular weight excluding hydrogens is 1390 g/mol. The third-order valence-electron chi connectivity index (χ3n) is 16.3. The molecule has 0 bridgehead atoms. The molecule has 2 fully saturated rings. The molecule has 0 aliphatic carbocycles. The molecule has 38 nitrogen and oxygen atoms in total. The Bertz CT molecular complexity index is 2730. The van der Waals surface area contributed by atoms with E-state index in [0.29, 0.717) is 102 Å². The highest BCUT2D eigenvalue weighted by Gasteiger charge is 2.42.